The van der Waals surface area contributed by atoms with Crippen molar-refractivity contribution in [1.29, 1.82) is 5.26 Å². The van der Waals surface area contributed by atoms with Crippen LogP contribution in [0.3, 0.4) is 0 Å². The van der Waals surface area contributed by atoms with Crippen molar-refractivity contribution < 1.29 is 0 Å². The van der Waals surface area contributed by atoms with Gasteiger partial charge in [-0.15, -0.1) is 0 Å². The predicted molar refractivity (Wildman–Crippen MR) is 86.7 cm³/mol. The third kappa shape index (κ3) is 3.05. The normalized spacial score (nSPS) is 11.9. The van der Waals surface area contributed by atoms with Crippen molar-refractivity contribution in [2.24, 2.45) is 5.92 Å². The molecule has 0 radical (unpaired) electrons. The van der Waals surface area contributed by atoms with Crippen molar-refractivity contribution in [2.75, 3.05) is 5.73 Å². The molecule has 2 N–H and O–H groups in total. The van der Waals surface area contributed by atoms with Gasteiger partial charge in [-0.2, -0.15) is 5.26 Å². The monoisotopic (exact) mass is 279 g/mol. The van der Waals surface area contributed by atoms with E-state index in [1.807, 2.05) is 37.3 Å². The van der Waals surface area contributed by atoms with Crippen molar-refractivity contribution in [3.8, 4) is 17.2 Å². The summed E-state index contributed by atoms with van der Waals surface area (Å²) in [6.07, 6.45) is 1.99. The third-order valence-electron chi connectivity index (χ3n) is 3.98. The lowest BCUT2D eigenvalue weighted by Gasteiger charge is -2.16. The van der Waals surface area contributed by atoms with Gasteiger partial charge < -0.3 is 5.73 Å². The molecule has 0 saturated carbocycles. The number of nitriles is 1. The van der Waals surface area contributed by atoms with Gasteiger partial charge in [0.1, 0.15) is 17.5 Å². The van der Waals surface area contributed by atoms with Gasteiger partial charge in [-0.1, -0.05) is 50.6 Å². The van der Waals surface area contributed by atoms with Gasteiger partial charge in [-0.25, -0.2) is 4.98 Å². The molecule has 0 fully saturated rings. The molecule has 108 valence electrons. The van der Waals surface area contributed by atoms with E-state index in [0.717, 1.165) is 35.2 Å². The van der Waals surface area contributed by atoms with E-state index < -0.39 is 0 Å². The second kappa shape index (κ2) is 6.41. The zero-order valence-electron chi connectivity index (χ0n) is 12.9. The fraction of sp³-hybridized carbons (Fsp3) is 0.333. The Labute approximate surface area is 126 Å². The topological polar surface area (TPSA) is 62.7 Å². The lowest BCUT2D eigenvalue weighted by molar-refractivity contribution is 0.551. The number of hydrogen-bond acceptors (Lipinski definition) is 3. The van der Waals surface area contributed by atoms with E-state index in [1.54, 1.807) is 0 Å². The molecule has 2 rings (SSSR count). The van der Waals surface area contributed by atoms with Gasteiger partial charge in [0, 0.05) is 11.3 Å². The predicted octanol–water partition coefficient (Wildman–Crippen LogP) is 4.10. The van der Waals surface area contributed by atoms with Gasteiger partial charge in [-0.3, -0.25) is 0 Å². The highest BCUT2D eigenvalue weighted by atomic mass is 14.9. The number of hydrogen-bond donors (Lipinski definition) is 1. The lowest BCUT2D eigenvalue weighted by Crippen LogP contribution is -2.08. The molecule has 3 heteroatoms. The zero-order chi connectivity index (χ0) is 15.4. The van der Waals surface area contributed by atoms with Crippen LogP contribution in [0.1, 0.15) is 37.1 Å². The average molecular weight is 279 g/mol. The number of aromatic nitrogens is 1. The summed E-state index contributed by atoms with van der Waals surface area (Å²) in [7, 11) is 0. The Bertz CT molecular complexity index is 669. The van der Waals surface area contributed by atoms with Crippen molar-refractivity contribution in [1.82, 2.24) is 4.98 Å². The molecule has 0 saturated heterocycles. The summed E-state index contributed by atoms with van der Waals surface area (Å²) >= 11 is 0. The summed E-state index contributed by atoms with van der Waals surface area (Å²) in [5.41, 5.74) is 10.5. The number of benzene rings is 1. The molecular formula is C18H21N3. The second-order valence-electron chi connectivity index (χ2n) is 5.51. The molecule has 2 aromatic rings. The quantitative estimate of drug-likeness (QED) is 0.916. The van der Waals surface area contributed by atoms with Crippen LogP contribution in [0.2, 0.25) is 0 Å². The Balaban J connectivity index is 2.64. The van der Waals surface area contributed by atoms with E-state index in [2.05, 4.69) is 24.9 Å². The molecule has 1 aromatic heterocycles. The fourth-order valence-electron chi connectivity index (χ4n) is 2.50. The minimum absolute atomic E-state index is 0.334. The molecule has 1 aromatic carbocycles. The van der Waals surface area contributed by atoms with Crippen molar-refractivity contribution in [2.45, 2.75) is 33.6 Å². The minimum Gasteiger partial charge on any atom is -0.383 e. The second-order valence-corrected chi connectivity index (χ2v) is 5.51. The first-order valence-electron chi connectivity index (χ1n) is 7.32. The number of nitrogens with two attached hydrogens (primary N) is 1. The molecule has 0 aliphatic heterocycles. The van der Waals surface area contributed by atoms with Crippen LogP contribution in [-0.4, -0.2) is 4.98 Å². The summed E-state index contributed by atoms with van der Waals surface area (Å²) < 4.78 is 0. The van der Waals surface area contributed by atoms with E-state index in [1.165, 1.54) is 0 Å². The van der Waals surface area contributed by atoms with E-state index in [9.17, 15) is 5.26 Å². The largest absolute Gasteiger partial charge is 0.383 e. The molecule has 0 aliphatic carbocycles. The summed E-state index contributed by atoms with van der Waals surface area (Å²) in [6.45, 7) is 6.41. The summed E-state index contributed by atoms with van der Waals surface area (Å²) in [6, 6.07) is 12.1. The lowest BCUT2D eigenvalue weighted by atomic mass is 9.91. The molecule has 21 heavy (non-hydrogen) atoms. The van der Waals surface area contributed by atoms with Crippen molar-refractivity contribution >= 4 is 5.82 Å². The Kier molecular flexibility index (Phi) is 4.59. The van der Waals surface area contributed by atoms with Gasteiger partial charge in [-0.05, 0) is 30.4 Å². The highest BCUT2D eigenvalue weighted by molar-refractivity contribution is 5.78. The highest BCUT2D eigenvalue weighted by Crippen LogP contribution is 2.32. The molecule has 1 heterocycles. The van der Waals surface area contributed by atoms with Crippen LogP contribution in [0.4, 0.5) is 5.82 Å². The number of nitrogen functional groups attached to an aromatic ring is 1. The third-order valence-corrected chi connectivity index (χ3v) is 3.98. The Morgan fingerprint density at radius 3 is 2.52 bits per heavy atom. The smallest absolute Gasteiger partial charge is 0.142 e. The van der Waals surface area contributed by atoms with Gasteiger partial charge >= 0.3 is 0 Å². The minimum atomic E-state index is 0.334. The van der Waals surface area contributed by atoms with Gasteiger partial charge in [0.2, 0.25) is 0 Å². The molecule has 0 spiro atoms. The zero-order valence-corrected chi connectivity index (χ0v) is 12.9. The maximum atomic E-state index is 9.43. The molecule has 0 aliphatic rings. The van der Waals surface area contributed by atoms with Crippen molar-refractivity contribution in [3.63, 3.8) is 0 Å². The van der Waals surface area contributed by atoms with Crippen LogP contribution in [0.15, 0.2) is 30.3 Å². The number of rotatable bonds is 4. The molecule has 3 nitrogen and oxygen atoms in total. The first-order valence-corrected chi connectivity index (χ1v) is 7.32. The maximum Gasteiger partial charge on any atom is 0.142 e. The number of nitrogens with zero attached hydrogens (tertiary/aromatic N) is 2. The Morgan fingerprint density at radius 1 is 1.29 bits per heavy atom. The summed E-state index contributed by atoms with van der Waals surface area (Å²) in [5, 5.41) is 9.43. The van der Waals surface area contributed by atoms with Crippen LogP contribution in [0, 0.1) is 24.2 Å². The van der Waals surface area contributed by atoms with Crippen LogP contribution in [0.5, 0.6) is 0 Å². The van der Waals surface area contributed by atoms with Crippen LogP contribution in [-0.2, 0) is 6.42 Å². The van der Waals surface area contributed by atoms with Crippen LogP contribution in [0.25, 0.3) is 11.1 Å². The van der Waals surface area contributed by atoms with E-state index >= 15 is 0 Å². The van der Waals surface area contributed by atoms with Crippen LogP contribution >= 0.6 is 0 Å². The van der Waals surface area contributed by atoms with Crippen LogP contribution < -0.4 is 5.73 Å². The summed E-state index contributed by atoms with van der Waals surface area (Å²) in [4.78, 5) is 4.47. The number of anilines is 1. The Morgan fingerprint density at radius 2 is 1.95 bits per heavy atom. The summed E-state index contributed by atoms with van der Waals surface area (Å²) in [5.74, 6) is 0.882. The SMILES string of the molecule is CCC(C)Cc1nc(N)c(C#N)c(-c2ccccc2)c1C. The average Bonchev–Trinajstić information content (AvgIpc) is 2.50. The first-order chi connectivity index (χ1) is 10.1. The molecule has 0 bridgehead atoms. The van der Waals surface area contributed by atoms with Gasteiger partial charge in [0.15, 0.2) is 0 Å². The maximum absolute atomic E-state index is 9.43. The first kappa shape index (κ1) is 15.1. The molecule has 0 amide bonds. The van der Waals surface area contributed by atoms with Gasteiger partial charge in [0.05, 0.1) is 0 Å². The van der Waals surface area contributed by atoms with Crippen molar-refractivity contribution in [3.05, 3.63) is 47.2 Å². The number of pyridine rings is 1. The molecule has 1 atom stereocenters. The fourth-order valence-corrected chi connectivity index (χ4v) is 2.50. The molecular weight excluding hydrogens is 258 g/mol. The Hall–Kier alpha value is -2.34. The van der Waals surface area contributed by atoms with E-state index in [4.69, 9.17) is 5.73 Å². The standard InChI is InChI=1S/C18H21N3/c1-4-12(2)10-16-13(3)17(14-8-6-5-7-9-14)15(11-19)18(20)21-16/h5-9,12H,4,10H2,1-3H3,(H2,20,21). The van der Waals surface area contributed by atoms with E-state index in [0.29, 0.717) is 17.3 Å². The van der Waals surface area contributed by atoms with Gasteiger partial charge in [0.25, 0.3) is 0 Å². The highest BCUT2D eigenvalue weighted by Gasteiger charge is 2.17. The van der Waals surface area contributed by atoms with E-state index in [-0.39, 0.29) is 0 Å². The molecule has 1 unspecified atom stereocenters.